The number of hydrogen-bond acceptors (Lipinski definition) is 4. The molecule has 2 aromatic rings. The number of nitrogens with zero attached hydrogens (tertiary/aromatic N) is 1. The molecule has 1 heterocycles. The molecule has 2 rings (SSSR count). The lowest BCUT2D eigenvalue weighted by molar-refractivity contribution is 0.300. The summed E-state index contributed by atoms with van der Waals surface area (Å²) in [6.45, 7) is 0.882. The molecular formula is C13H14N2O2. The van der Waals surface area contributed by atoms with E-state index in [1.807, 2.05) is 12.1 Å². The summed E-state index contributed by atoms with van der Waals surface area (Å²) in [4.78, 5) is 4.19. The van der Waals surface area contributed by atoms with Crippen molar-refractivity contribution in [2.45, 2.75) is 13.2 Å². The Morgan fingerprint density at radius 3 is 2.65 bits per heavy atom. The molecule has 0 aliphatic carbocycles. The van der Waals surface area contributed by atoms with Crippen molar-refractivity contribution < 1.29 is 9.84 Å². The van der Waals surface area contributed by atoms with Crippen molar-refractivity contribution in [3.8, 4) is 11.5 Å². The van der Waals surface area contributed by atoms with Crippen LogP contribution in [0.5, 0.6) is 11.5 Å². The zero-order valence-electron chi connectivity index (χ0n) is 9.34. The van der Waals surface area contributed by atoms with Gasteiger partial charge in [-0.1, -0.05) is 0 Å². The molecule has 0 fully saturated rings. The van der Waals surface area contributed by atoms with Crippen LogP contribution in [-0.4, -0.2) is 10.1 Å². The number of aromatic hydroxyl groups is 1. The van der Waals surface area contributed by atoms with Gasteiger partial charge in [0.15, 0.2) is 0 Å². The molecule has 88 valence electrons. The maximum atomic E-state index is 9.13. The van der Waals surface area contributed by atoms with E-state index in [0.29, 0.717) is 18.9 Å². The van der Waals surface area contributed by atoms with E-state index in [9.17, 15) is 0 Å². The number of hydrogen-bond donors (Lipinski definition) is 2. The predicted molar refractivity (Wildman–Crippen MR) is 64.6 cm³/mol. The normalized spacial score (nSPS) is 10.2. The first-order valence-electron chi connectivity index (χ1n) is 5.33. The highest BCUT2D eigenvalue weighted by Gasteiger charge is 1.98. The van der Waals surface area contributed by atoms with E-state index in [-0.39, 0.29) is 5.75 Å². The minimum Gasteiger partial charge on any atom is -0.508 e. The van der Waals surface area contributed by atoms with Crippen LogP contribution < -0.4 is 10.5 Å². The van der Waals surface area contributed by atoms with E-state index in [0.717, 1.165) is 11.3 Å². The summed E-state index contributed by atoms with van der Waals surface area (Å²) in [5.41, 5.74) is 7.41. The third kappa shape index (κ3) is 3.19. The van der Waals surface area contributed by atoms with Crippen LogP contribution in [0, 0.1) is 0 Å². The summed E-state index contributed by atoms with van der Waals surface area (Å²) in [5.74, 6) is 0.920. The monoisotopic (exact) mass is 230 g/mol. The second-order valence-corrected chi connectivity index (χ2v) is 3.64. The molecule has 4 nitrogen and oxygen atoms in total. The third-order valence-electron chi connectivity index (χ3n) is 2.34. The van der Waals surface area contributed by atoms with Crippen molar-refractivity contribution in [2.24, 2.45) is 5.73 Å². The number of phenols is 1. The molecule has 3 N–H and O–H groups in total. The first-order chi connectivity index (χ1) is 8.28. The van der Waals surface area contributed by atoms with Gasteiger partial charge < -0.3 is 15.6 Å². The van der Waals surface area contributed by atoms with Crippen molar-refractivity contribution in [3.63, 3.8) is 0 Å². The lowest BCUT2D eigenvalue weighted by Crippen LogP contribution is -2.02. The zero-order chi connectivity index (χ0) is 12.1. The van der Waals surface area contributed by atoms with E-state index in [2.05, 4.69) is 4.98 Å². The molecule has 0 saturated carbocycles. The van der Waals surface area contributed by atoms with E-state index in [1.54, 1.807) is 30.5 Å². The Hall–Kier alpha value is -2.07. The minimum absolute atomic E-state index is 0.223. The zero-order valence-corrected chi connectivity index (χ0v) is 9.34. The number of ether oxygens (including phenoxy) is 1. The van der Waals surface area contributed by atoms with Gasteiger partial charge in [-0.2, -0.15) is 0 Å². The highest BCUT2D eigenvalue weighted by atomic mass is 16.5. The van der Waals surface area contributed by atoms with Crippen LogP contribution in [0.25, 0.3) is 0 Å². The summed E-state index contributed by atoms with van der Waals surface area (Å²) in [7, 11) is 0. The Morgan fingerprint density at radius 2 is 1.94 bits per heavy atom. The molecule has 0 bridgehead atoms. The van der Waals surface area contributed by atoms with Crippen LogP contribution in [0.2, 0.25) is 0 Å². The molecular weight excluding hydrogens is 216 g/mol. The van der Waals surface area contributed by atoms with E-state index in [4.69, 9.17) is 15.6 Å². The lowest BCUT2D eigenvalue weighted by atomic mass is 10.2. The molecule has 17 heavy (non-hydrogen) atoms. The lowest BCUT2D eigenvalue weighted by Gasteiger charge is -2.06. The van der Waals surface area contributed by atoms with Crippen molar-refractivity contribution in [1.29, 1.82) is 0 Å². The smallest absolute Gasteiger partial charge is 0.130 e. The summed E-state index contributed by atoms with van der Waals surface area (Å²) >= 11 is 0. The average Bonchev–Trinajstić information content (AvgIpc) is 2.38. The van der Waals surface area contributed by atoms with Crippen molar-refractivity contribution in [3.05, 3.63) is 53.9 Å². The Bertz CT molecular complexity index is 483. The van der Waals surface area contributed by atoms with Crippen LogP contribution in [0.3, 0.4) is 0 Å². The number of pyridine rings is 1. The van der Waals surface area contributed by atoms with Gasteiger partial charge in [-0.25, -0.2) is 0 Å². The summed E-state index contributed by atoms with van der Waals surface area (Å²) in [6, 6.07) is 10.4. The Labute approximate surface area is 99.7 Å². The van der Waals surface area contributed by atoms with Gasteiger partial charge in [-0.05, 0) is 42.0 Å². The summed E-state index contributed by atoms with van der Waals surface area (Å²) in [6.07, 6.45) is 1.72. The highest BCUT2D eigenvalue weighted by Crippen LogP contribution is 2.17. The van der Waals surface area contributed by atoms with Gasteiger partial charge in [0.1, 0.15) is 18.1 Å². The Morgan fingerprint density at radius 1 is 1.18 bits per heavy atom. The van der Waals surface area contributed by atoms with Gasteiger partial charge in [-0.15, -0.1) is 0 Å². The molecule has 1 aromatic heterocycles. The van der Waals surface area contributed by atoms with Crippen molar-refractivity contribution in [1.82, 2.24) is 4.98 Å². The molecule has 0 atom stereocenters. The van der Waals surface area contributed by atoms with E-state index in [1.165, 1.54) is 0 Å². The van der Waals surface area contributed by atoms with E-state index >= 15 is 0 Å². The SMILES string of the molecule is NCc1ccnc(COc2ccc(O)cc2)c1. The van der Waals surface area contributed by atoms with Gasteiger partial charge in [0.25, 0.3) is 0 Å². The molecule has 4 heteroatoms. The van der Waals surface area contributed by atoms with Crippen molar-refractivity contribution >= 4 is 0 Å². The quantitative estimate of drug-likeness (QED) is 0.840. The molecule has 0 spiro atoms. The largest absolute Gasteiger partial charge is 0.508 e. The van der Waals surface area contributed by atoms with Crippen LogP contribution in [0.1, 0.15) is 11.3 Å². The topological polar surface area (TPSA) is 68.4 Å². The molecule has 0 aliphatic heterocycles. The first-order valence-corrected chi connectivity index (χ1v) is 5.33. The minimum atomic E-state index is 0.223. The average molecular weight is 230 g/mol. The predicted octanol–water partition coefficient (Wildman–Crippen LogP) is 1.82. The standard InChI is InChI=1S/C13H14N2O2/c14-8-10-5-6-15-11(7-10)9-17-13-3-1-12(16)2-4-13/h1-7,16H,8-9,14H2. The van der Waals surface area contributed by atoms with Crippen LogP contribution >= 0.6 is 0 Å². The van der Waals surface area contributed by atoms with E-state index < -0.39 is 0 Å². The fourth-order valence-electron chi connectivity index (χ4n) is 1.43. The number of benzene rings is 1. The van der Waals surface area contributed by atoms with Crippen LogP contribution in [-0.2, 0) is 13.2 Å². The second kappa shape index (κ2) is 5.32. The summed E-state index contributed by atoms with van der Waals surface area (Å²) < 4.78 is 5.53. The molecule has 0 radical (unpaired) electrons. The number of nitrogens with two attached hydrogens (primary N) is 1. The fraction of sp³-hybridized carbons (Fsp3) is 0.154. The van der Waals surface area contributed by atoms with Crippen LogP contribution in [0.15, 0.2) is 42.6 Å². The van der Waals surface area contributed by atoms with Gasteiger partial charge in [0.05, 0.1) is 5.69 Å². The molecule has 1 aromatic carbocycles. The number of phenolic OH excluding ortho intramolecular Hbond substituents is 1. The summed E-state index contributed by atoms with van der Waals surface area (Å²) in [5, 5.41) is 9.13. The molecule has 0 amide bonds. The van der Waals surface area contributed by atoms with Crippen molar-refractivity contribution in [2.75, 3.05) is 0 Å². The second-order valence-electron chi connectivity index (χ2n) is 3.64. The maximum Gasteiger partial charge on any atom is 0.130 e. The fourth-order valence-corrected chi connectivity index (χ4v) is 1.43. The maximum absolute atomic E-state index is 9.13. The third-order valence-corrected chi connectivity index (χ3v) is 2.34. The van der Waals surface area contributed by atoms with Gasteiger partial charge in [-0.3, -0.25) is 4.98 Å². The van der Waals surface area contributed by atoms with Gasteiger partial charge >= 0.3 is 0 Å². The Balaban J connectivity index is 1.99. The first kappa shape index (κ1) is 11.4. The number of aromatic nitrogens is 1. The number of rotatable bonds is 4. The molecule has 0 unspecified atom stereocenters. The van der Waals surface area contributed by atoms with Gasteiger partial charge in [0, 0.05) is 12.7 Å². The Kier molecular flexibility index (Phi) is 3.57. The highest BCUT2D eigenvalue weighted by molar-refractivity contribution is 5.30. The molecule has 0 aliphatic rings. The molecule has 0 saturated heterocycles. The van der Waals surface area contributed by atoms with Crippen LogP contribution in [0.4, 0.5) is 0 Å². The van der Waals surface area contributed by atoms with Gasteiger partial charge in [0.2, 0.25) is 0 Å².